The number of carbonyl (C=O) groups is 1. The fourth-order valence-corrected chi connectivity index (χ4v) is 3.15. The number of nitrogens with two attached hydrogens (primary N) is 1. The van der Waals surface area contributed by atoms with Crippen molar-refractivity contribution in [3.8, 4) is 0 Å². The number of amides is 1. The topological polar surface area (TPSA) is 64.2 Å². The maximum absolute atomic E-state index is 12.4. The normalized spacial score (nSPS) is 24.0. The second kappa shape index (κ2) is 6.39. The minimum atomic E-state index is -0.0198. The summed E-state index contributed by atoms with van der Waals surface area (Å²) in [5.74, 6) is 0.232. The van der Waals surface area contributed by atoms with Gasteiger partial charge in [0.1, 0.15) is 0 Å². The molecule has 1 aromatic heterocycles. The molecule has 1 saturated heterocycles. The Morgan fingerprint density at radius 3 is 2.85 bits per heavy atom. The van der Waals surface area contributed by atoms with E-state index in [2.05, 4.69) is 18.9 Å². The van der Waals surface area contributed by atoms with Gasteiger partial charge in [0.2, 0.25) is 5.91 Å². The Morgan fingerprint density at radius 2 is 2.20 bits per heavy atom. The first-order valence-electron chi connectivity index (χ1n) is 7.65. The monoisotopic (exact) mass is 278 g/mol. The quantitative estimate of drug-likeness (QED) is 0.913. The largest absolute Gasteiger partial charge is 0.334 e. The molecule has 1 aliphatic heterocycles. The first-order chi connectivity index (χ1) is 9.58. The highest BCUT2D eigenvalue weighted by atomic mass is 16.2. The Kier molecular flexibility index (Phi) is 4.81. The summed E-state index contributed by atoms with van der Waals surface area (Å²) in [6.45, 7) is 4.97. The van der Waals surface area contributed by atoms with Gasteiger partial charge >= 0.3 is 0 Å². The van der Waals surface area contributed by atoms with E-state index in [1.54, 1.807) is 0 Å². The van der Waals surface area contributed by atoms with Gasteiger partial charge in [0.15, 0.2) is 0 Å². The summed E-state index contributed by atoms with van der Waals surface area (Å²) in [5, 5.41) is 4.51. The molecule has 2 rings (SSSR count). The number of aromatic nitrogens is 2. The molecule has 5 nitrogen and oxygen atoms in total. The summed E-state index contributed by atoms with van der Waals surface area (Å²) < 4.78 is 1.83. The maximum atomic E-state index is 12.4. The molecule has 2 atom stereocenters. The van der Waals surface area contributed by atoms with Gasteiger partial charge in [-0.25, -0.2) is 0 Å². The third-order valence-corrected chi connectivity index (χ3v) is 4.05. The number of hydrogen-bond acceptors (Lipinski definition) is 3. The average molecular weight is 278 g/mol. The van der Waals surface area contributed by atoms with Crippen LogP contribution in [0.3, 0.4) is 0 Å². The van der Waals surface area contributed by atoms with Crippen LogP contribution in [0.25, 0.3) is 0 Å². The lowest BCUT2D eigenvalue weighted by molar-refractivity contribution is -0.133. The van der Waals surface area contributed by atoms with Crippen LogP contribution < -0.4 is 5.73 Å². The lowest BCUT2D eigenvalue weighted by Gasteiger charge is -2.33. The molecule has 0 bridgehead atoms. The molecule has 1 aromatic rings. The first-order valence-corrected chi connectivity index (χ1v) is 7.65. The molecule has 0 spiro atoms. The van der Waals surface area contributed by atoms with Crippen LogP contribution in [0.15, 0.2) is 6.20 Å². The van der Waals surface area contributed by atoms with Crippen molar-refractivity contribution in [2.75, 3.05) is 6.54 Å². The van der Waals surface area contributed by atoms with Crippen molar-refractivity contribution in [3.05, 3.63) is 17.5 Å². The number of rotatable bonds is 4. The van der Waals surface area contributed by atoms with Gasteiger partial charge in [-0.2, -0.15) is 5.10 Å². The van der Waals surface area contributed by atoms with Gasteiger partial charge in [0.05, 0.1) is 11.7 Å². The molecular weight excluding hydrogens is 252 g/mol. The maximum Gasteiger partial charge on any atom is 0.223 e. The molecule has 1 fully saturated rings. The molecule has 2 heterocycles. The highest BCUT2D eigenvalue weighted by Crippen LogP contribution is 2.32. The molecule has 112 valence electrons. The molecular formula is C15H26N4O. The third kappa shape index (κ3) is 2.87. The standard InChI is InChI=1S/C15H26N4O/c1-4-9-19-14(20)8-6-7-12(16)15(19)11-10-18(3)17-13(11)5-2/h10,12,15H,4-9,16H2,1-3H3. The number of hydrogen-bond donors (Lipinski definition) is 1. The molecule has 2 N–H and O–H groups in total. The van der Waals surface area contributed by atoms with Crippen LogP contribution in [0.2, 0.25) is 0 Å². The van der Waals surface area contributed by atoms with E-state index in [9.17, 15) is 4.79 Å². The molecule has 5 heteroatoms. The Labute approximate surface area is 121 Å². The number of carbonyl (C=O) groups excluding carboxylic acids is 1. The lowest BCUT2D eigenvalue weighted by atomic mass is 9.96. The highest BCUT2D eigenvalue weighted by Gasteiger charge is 2.34. The Bertz CT molecular complexity index is 468. The number of aryl methyl sites for hydroxylation is 2. The SMILES string of the molecule is CCCN1C(=O)CCCC(N)C1c1cn(C)nc1CC. The Balaban J connectivity index is 2.42. The van der Waals surface area contributed by atoms with Gasteiger partial charge in [0, 0.05) is 37.8 Å². The molecule has 20 heavy (non-hydrogen) atoms. The minimum Gasteiger partial charge on any atom is -0.334 e. The molecule has 0 radical (unpaired) electrons. The average Bonchev–Trinajstić information content (AvgIpc) is 2.72. The van der Waals surface area contributed by atoms with Crippen molar-refractivity contribution in [2.45, 2.75) is 58.0 Å². The van der Waals surface area contributed by atoms with E-state index in [-0.39, 0.29) is 18.0 Å². The van der Waals surface area contributed by atoms with Crippen LogP contribution in [0.4, 0.5) is 0 Å². The third-order valence-electron chi connectivity index (χ3n) is 4.05. The van der Waals surface area contributed by atoms with Crippen molar-refractivity contribution in [2.24, 2.45) is 12.8 Å². The van der Waals surface area contributed by atoms with Crippen LogP contribution in [0.1, 0.15) is 56.8 Å². The summed E-state index contributed by atoms with van der Waals surface area (Å²) in [5.41, 5.74) is 8.59. The van der Waals surface area contributed by atoms with Gasteiger partial charge in [-0.3, -0.25) is 9.48 Å². The molecule has 0 aromatic carbocycles. The summed E-state index contributed by atoms with van der Waals surface area (Å²) >= 11 is 0. The minimum absolute atomic E-state index is 0.00231. The predicted molar refractivity (Wildman–Crippen MR) is 79.2 cm³/mol. The van der Waals surface area contributed by atoms with E-state index in [0.29, 0.717) is 6.42 Å². The summed E-state index contributed by atoms with van der Waals surface area (Å²) in [6, 6.07) is -0.0175. The number of nitrogens with zero attached hydrogens (tertiary/aromatic N) is 3. The van der Waals surface area contributed by atoms with Crippen LogP contribution in [0, 0.1) is 0 Å². The van der Waals surface area contributed by atoms with Crippen LogP contribution in [-0.2, 0) is 18.3 Å². The van der Waals surface area contributed by atoms with Gasteiger partial charge in [0.25, 0.3) is 0 Å². The number of likely N-dealkylation sites (tertiary alicyclic amines) is 1. The van der Waals surface area contributed by atoms with Crippen LogP contribution in [0.5, 0.6) is 0 Å². The highest BCUT2D eigenvalue weighted by molar-refractivity contribution is 5.77. The van der Waals surface area contributed by atoms with Crippen molar-refractivity contribution < 1.29 is 4.79 Å². The Hall–Kier alpha value is -1.36. The summed E-state index contributed by atoms with van der Waals surface area (Å²) in [6.07, 6.45) is 6.26. The van der Waals surface area contributed by atoms with Crippen molar-refractivity contribution in [3.63, 3.8) is 0 Å². The van der Waals surface area contributed by atoms with E-state index in [0.717, 1.165) is 43.5 Å². The molecule has 0 aliphatic carbocycles. The van der Waals surface area contributed by atoms with Crippen molar-refractivity contribution in [1.29, 1.82) is 0 Å². The molecule has 2 unspecified atom stereocenters. The van der Waals surface area contributed by atoms with E-state index >= 15 is 0 Å². The molecule has 1 aliphatic rings. The molecule has 1 amide bonds. The Morgan fingerprint density at radius 1 is 1.45 bits per heavy atom. The van der Waals surface area contributed by atoms with Crippen LogP contribution in [-0.4, -0.2) is 33.2 Å². The van der Waals surface area contributed by atoms with Crippen molar-refractivity contribution in [1.82, 2.24) is 14.7 Å². The summed E-state index contributed by atoms with van der Waals surface area (Å²) in [4.78, 5) is 14.4. The fraction of sp³-hybridized carbons (Fsp3) is 0.733. The molecule has 0 saturated carbocycles. The zero-order valence-electron chi connectivity index (χ0n) is 12.8. The summed E-state index contributed by atoms with van der Waals surface area (Å²) in [7, 11) is 1.93. The lowest BCUT2D eigenvalue weighted by Crippen LogP contribution is -2.42. The van der Waals surface area contributed by atoms with E-state index in [1.165, 1.54) is 0 Å². The van der Waals surface area contributed by atoms with Crippen LogP contribution >= 0.6 is 0 Å². The van der Waals surface area contributed by atoms with Gasteiger partial charge < -0.3 is 10.6 Å². The fourth-order valence-electron chi connectivity index (χ4n) is 3.15. The van der Waals surface area contributed by atoms with E-state index < -0.39 is 0 Å². The van der Waals surface area contributed by atoms with E-state index in [1.807, 2.05) is 22.8 Å². The second-order valence-corrected chi connectivity index (χ2v) is 5.65. The van der Waals surface area contributed by atoms with Gasteiger partial charge in [-0.05, 0) is 25.7 Å². The van der Waals surface area contributed by atoms with E-state index in [4.69, 9.17) is 5.73 Å². The second-order valence-electron chi connectivity index (χ2n) is 5.65. The zero-order chi connectivity index (χ0) is 14.7. The van der Waals surface area contributed by atoms with Gasteiger partial charge in [-0.1, -0.05) is 13.8 Å². The first kappa shape index (κ1) is 15.0. The smallest absolute Gasteiger partial charge is 0.223 e. The van der Waals surface area contributed by atoms with Gasteiger partial charge in [-0.15, -0.1) is 0 Å². The zero-order valence-corrected chi connectivity index (χ0v) is 12.8. The predicted octanol–water partition coefficient (Wildman–Crippen LogP) is 1.77. The van der Waals surface area contributed by atoms with Crippen molar-refractivity contribution >= 4 is 5.91 Å².